The summed E-state index contributed by atoms with van der Waals surface area (Å²) in [5, 5.41) is 12.3. The first-order valence-corrected chi connectivity index (χ1v) is 11.3. The van der Waals surface area contributed by atoms with Crippen LogP contribution in [0, 0.1) is 11.3 Å². The van der Waals surface area contributed by atoms with Gasteiger partial charge in [-0.2, -0.15) is 17.0 Å². The zero-order chi connectivity index (χ0) is 22.9. The Labute approximate surface area is 191 Å². The molecular weight excluding hydrogens is 424 g/mol. The van der Waals surface area contributed by atoms with E-state index in [2.05, 4.69) is 21.4 Å². The van der Waals surface area contributed by atoms with E-state index in [9.17, 15) is 10.1 Å². The number of carbonyl (C=O) groups excluding carboxylic acids is 1. The van der Waals surface area contributed by atoms with Crippen molar-refractivity contribution in [3.63, 3.8) is 0 Å². The molecular formula is C24H24N4O3S. The minimum absolute atomic E-state index is 0.0374. The lowest BCUT2D eigenvalue weighted by molar-refractivity contribution is -0.115. The number of benzene rings is 2. The molecule has 0 atom stereocenters. The lowest BCUT2D eigenvalue weighted by Gasteiger charge is -2.11. The summed E-state index contributed by atoms with van der Waals surface area (Å²) in [5.41, 5.74) is 3.55. The van der Waals surface area contributed by atoms with E-state index in [1.54, 1.807) is 49.3 Å². The molecule has 0 aliphatic rings. The first-order chi connectivity index (χ1) is 15.6. The monoisotopic (exact) mass is 448 g/mol. The highest BCUT2D eigenvalue weighted by Gasteiger charge is 2.10. The zero-order valence-electron chi connectivity index (χ0n) is 18.2. The average Bonchev–Trinajstić information content (AvgIpc) is 2.82. The van der Waals surface area contributed by atoms with E-state index < -0.39 is 0 Å². The molecule has 0 bridgehead atoms. The predicted octanol–water partition coefficient (Wildman–Crippen LogP) is 4.31. The lowest BCUT2D eigenvalue weighted by Crippen LogP contribution is -2.12. The summed E-state index contributed by atoms with van der Waals surface area (Å²) in [7, 11) is 3.12. The van der Waals surface area contributed by atoms with Gasteiger partial charge in [-0.1, -0.05) is 0 Å². The molecule has 2 aromatic carbocycles. The number of nitrogens with one attached hydrogen (secondary N) is 1. The van der Waals surface area contributed by atoms with Gasteiger partial charge in [0.15, 0.2) is 0 Å². The van der Waals surface area contributed by atoms with Gasteiger partial charge in [-0.05, 0) is 48.2 Å². The van der Waals surface area contributed by atoms with Crippen molar-refractivity contribution in [3.8, 4) is 28.8 Å². The molecule has 1 heterocycles. The maximum atomic E-state index is 12.1. The Hall–Kier alpha value is -3.57. The molecule has 0 saturated heterocycles. The van der Waals surface area contributed by atoms with Crippen molar-refractivity contribution in [1.82, 2.24) is 9.97 Å². The molecule has 0 radical (unpaired) electrons. The van der Waals surface area contributed by atoms with E-state index in [-0.39, 0.29) is 5.91 Å². The highest BCUT2D eigenvalue weighted by Crippen LogP contribution is 2.26. The summed E-state index contributed by atoms with van der Waals surface area (Å²) < 4.78 is 10.6. The Morgan fingerprint density at radius 1 is 1.16 bits per heavy atom. The molecule has 3 aromatic rings. The van der Waals surface area contributed by atoms with Crippen molar-refractivity contribution in [3.05, 3.63) is 65.6 Å². The Bertz CT molecular complexity index is 1140. The van der Waals surface area contributed by atoms with E-state index in [4.69, 9.17) is 9.47 Å². The summed E-state index contributed by atoms with van der Waals surface area (Å²) in [6.07, 6.45) is 4.57. The van der Waals surface area contributed by atoms with Gasteiger partial charge in [0.1, 0.15) is 23.4 Å². The summed E-state index contributed by atoms with van der Waals surface area (Å²) >= 11 is 1.63. The molecule has 8 heteroatoms. The van der Waals surface area contributed by atoms with E-state index in [0.717, 1.165) is 16.9 Å². The molecule has 7 nitrogen and oxygen atoms in total. The van der Waals surface area contributed by atoms with Gasteiger partial charge in [0.05, 0.1) is 25.5 Å². The number of amides is 1. The molecule has 1 aromatic heterocycles. The second-order valence-corrected chi connectivity index (χ2v) is 7.91. The summed E-state index contributed by atoms with van der Waals surface area (Å²) in [5.74, 6) is 2.51. The average molecular weight is 449 g/mol. The normalized spacial score (nSPS) is 10.3. The van der Waals surface area contributed by atoms with Gasteiger partial charge in [-0.25, -0.2) is 9.97 Å². The highest BCUT2D eigenvalue weighted by atomic mass is 32.2. The number of carbonyl (C=O) groups is 1. The third-order valence-electron chi connectivity index (χ3n) is 4.70. The van der Waals surface area contributed by atoms with Gasteiger partial charge in [0.25, 0.3) is 0 Å². The van der Waals surface area contributed by atoms with Gasteiger partial charge < -0.3 is 14.8 Å². The van der Waals surface area contributed by atoms with Crippen LogP contribution in [-0.4, -0.2) is 42.1 Å². The van der Waals surface area contributed by atoms with Crippen LogP contribution in [-0.2, 0) is 11.2 Å². The fourth-order valence-electron chi connectivity index (χ4n) is 3.15. The van der Waals surface area contributed by atoms with Crippen molar-refractivity contribution < 1.29 is 14.3 Å². The fraction of sp³-hybridized carbons (Fsp3) is 0.250. The van der Waals surface area contributed by atoms with Crippen LogP contribution in [0.15, 0.2) is 48.7 Å². The number of nitrogens with zero attached hydrogens (tertiary/aromatic N) is 3. The van der Waals surface area contributed by atoms with Crippen molar-refractivity contribution >= 4 is 23.4 Å². The summed E-state index contributed by atoms with van der Waals surface area (Å²) in [6, 6.07) is 14.9. The largest absolute Gasteiger partial charge is 0.497 e. The predicted molar refractivity (Wildman–Crippen MR) is 126 cm³/mol. The van der Waals surface area contributed by atoms with E-state index in [0.29, 0.717) is 47.1 Å². The minimum atomic E-state index is -0.0374. The van der Waals surface area contributed by atoms with Crippen LogP contribution in [0.5, 0.6) is 11.5 Å². The quantitative estimate of drug-likeness (QED) is 0.521. The molecule has 1 N–H and O–H groups in total. The number of aromatic nitrogens is 2. The number of ether oxygens (including phenoxy) is 2. The first kappa shape index (κ1) is 23.1. The number of thioether (sulfide) groups is 1. The number of hydrogen-bond donors (Lipinski definition) is 1. The fourth-order valence-corrected chi connectivity index (χ4v) is 3.54. The van der Waals surface area contributed by atoms with Crippen molar-refractivity contribution in [1.29, 1.82) is 5.26 Å². The van der Waals surface area contributed by atoms with Gasteiger partial charge in [0, 0.05) is 42.1 Å². The number of rotatable bonds is 9. The third kappa shape index (κ3) is 5.99. The van der Waals surface area contributed by atoms with E-state index in [1.165, 1.54) is 7.11 Å². The second kappa shape index (κ2) is 11.2. The molecule has 32 heavy (non-hydrogen) atoms. The Morgan fingerprint density at radius 2 is 2.00 bits per heavy atom. The Balaban J connectivity index is 1.84. The first-order valence-electron chi connectivity index (χ1n) is 9.93. The highest BCUT2D eigenvalue weighted by molar-refractivity contribution is 7.98. The maximum Gasteiger partial charge on any atom is 0.225 e. The van der Waals surface area contributed by atoms with Crippen LogP contribution < -0.4 is 14.8 Å². The van der Waals surface area contributed by atoms with Crippen LogP contribution in [0.2, 0.25) is 0 Å². The summed E-state index contributed by atoms with van der Waals surface area (Å²) in [6.45, 7) is 0. The molecule has 164 valence electrons. The zero-order valence-corrected chi connectivity index (χ0v) is 19.0. The van der Waals surface area contributed by atoms with Crippen molar-refractivity contribution in [2.75, 3.05) is 31.5 Å². The number of hydrogen-bond acceptors (Lipinski definition) is 7. The van der Waals surface area contributed by atoms with Gasteiger partial charge in [-0.15, -0.1) is 0 Å². The van der Waals surface area contributed by atoms with Gasteiger partial charge >= 0.3 is 0 Å². The van der Waals surface area contributed by atoms with Gasteiger partial charge in [0.2, 0.25) is 5.91 Å². The Kier molecular flexibility index (Phi) is 8.06. The topological polar surface area (TPSA) is 97.1 Å². The molecule has 0 spiro atoms. The second-order valence-electron chi connectivity index (χ2n) is 6.92. The molecule has 0 unspecified atom stereocenters. The van der Waals surface area contributed by atoms with Gasteiger partial charge in [-0.3, -0.25) is 4.79 Å². The number of methoxy groups -OCH3 is 2. The lowest BCUT2D eigenvalue weighted by atomic mass is 10.1. The van der Waals surface area contributed by atoms with Crippen LogP contribution >= 0.6 is 11.8 Å². The maximum absolute atomic E-state index is 12.1. The molecule has 0 aliphatic carbocycles. The van der Waals surface area contributed by atoms with Crippen LogP contribution in [0.1, 0.15) is 23.4 Å². The standard InChI is InChI=1S/C24H24N4O3S/c1-30-20-11-16(10-19(14-20)27-24(29)7-9-32-3)12-23-26-8-6-21(28-23)17-4-5-22(31-2)18(13-17)15-25/h4-6,8,10-11,13-14H,7,9,12H2,1-3H3,(H,27,29). The van der Waals surface area contributed by atoms with Crippen LogP contribution in [0.4, 0.5) is 5.69 Å². The minimum Gasteiger partial charge on any atom is -0.497 e. The Morgan fingerprint density at radius 3 is 2.72 bits per heavy atom. The van der Waals surface area contributed by atoms with Crippen LogP contribution in [0.3, 0.4) is 0 Å². The summed E-state index contributed by atoms with van der Waals surface area (Å²) in [4.78, 5) is 21.2. The smallest absolute Gasteiger partial charge is 0.225 e. The molecule has 1 amide bonds. The number of anilines is 1. The molecule has 0 fully saturated rings. The van der Waals surface area contributed by atoms with E-state index >= 15 is 0 Å². The van der Waals surface area contributed by atoms with Crippen molar-refractivity contribution in [2.24, 2.45) is 0 Å². The molecule has 0 saturated carbocycles. The number of nitriles is 1. The van der Waals surface area contributed by atoms with E-state index in [1.807, 2.05) is 24.5 Å². The van der Waals surface area contributed by atoms with Crippen LogP contribution in [0.25, 0.3) is 11.3 Å². The SMILES string of the molecule is COc1cc(Cc2nccc(-c3ccc(OC)c(C#N)c3)n2)cc(NC(=O)CCSC)c1. The third-order valence-corrected chi connectivity index (χ3v) is 5.31. The van der Waals surface area contributed by atoms with Crippen molar-refractivity contribution in [2.45, 2.75) is 12.8 Å². The molecule has 3 rings (SSSR count). The molecule has 0 aliphatic heterocycles.